The third-order valence-corrected chi connectivity index (χ3v) is 3.36. The van der Waals surface area contributed by atoms with E-state index < -0.39 is 0 Å². The first kappa shape index (κ1) is 14.4. The molecule has 3 N–H and O–H groups in total. The first-order chi connectivity index (χ1) is 7.05. The van der Waals surface area contributed by atoms with E-state index in [2.05, 4.69) is 26.1 Å². The van der Waals surface area contributed by atoms with E-state index in [9.17, 15) is 4.79 Å². The number of amides is 1. The van der Waals surface area contributed by atoms with Gasteiger partial charge in [0.15, 0.2) is 0 Å². The van der Waals surface area contributed by atoms with Crippen molar-refractivity contribution in [2.75, 3.05) is 0 Å². The molecule has 0 aliphatic carbocycles. The van der Waals surface area contributed by atoms with Crippen LogP contribution in [0.2, 0.25) is 0 Å². The van der Waals surface area contributed by atoms with Gasteiger partial charge in [0.1, 0.15) is 0 Å². The van der Waals surface area contributed by atoms with E-state index >= 15 is 0 Å². The predicted molar refractivity (Wildman–Crippen MR) is 64.6 cm³/mol. The van der Waals surface area contributed by atoms with Crippen molar-refractivity contribution >= 4 is 5.91 Å². The number of hydrogen-bond acceptors (Lipinski definition) is 2. The summed E-state index contributed by atoms with van der Waals surface area (Å²) in [6, 6.07) is -0.348. The molecule has 0 fully saturated rings. The highest BCUT2D eigenvalue weighted by molar-refractivity contribution is 5.82. The standard InChI is InChI=1S/C12H26N2O/c1-5-9-10(13)11(15)14-12(6-2,7-3)8-4/h10H,5-9,13H2,1-4H3,(H,14,15)/t10-/m0/s1. The molecule has 0 rings (SSSR count). The molecule has 0 radical (unpaired) electrons. The van der Waals surface area contributed by atoms with Crippen LogP contribution < -0.4 is 11.1 Å². The van der Waals surface area contributed by atoms with Crippen molar-refractivity contribution in [2.24, 2.45) is 5.73 Å². The second kappa shape index (κ2) is 6.83. The van der Waals surface area contributed by atoms with Crippen molar-refractivity contribution in [3.8, 4) is 0 Å². The van der Waals surface area contributed by atoms with E-state index in [-0.39, 0.29) is 17.5 Å². The molecule has 15 heavy (non-hydrogen) atoms. The number of carbonyl (C=O) groups is 1. The molecule has 0 spiro atoms. The van der Waals surface area contributed by atoms with E-state index in [1.165, 1.54) is 0 Å². The maximum absolute atomic E-state index is 11.8. The summed E-state index contributed by atoms with van der Waals surface area (Å²) in [5, 5.41) is 3.10. The van der Waals surface area contributed by atoms with Crippen LogP contribution in [0.5, 0.6) is 0 Å². The lowest BCUT2D eigenvalue weighted by molar-refractivity contribution is -0.124. The number of carbonyl (C=O) groups excluding carboxylic acids is 1. The van der Waals surface area contributed by atoms with Gasteiger partial charge in [0.05, 0.1) is 6.04 Å². The number of nitrogens with one attached hydrogen (secondary N) is 1. The molecule has 1 atom stereocenters. The summed E-state index contributed by atoms with van der Waals surface area (Å²) in [7, 11) is 0. The Morgan fingerprint density at radius 1 is 1.20 bits per heavy atom. The van der Waals surface area contributed by atoms with Crippen LogP contribution in [0.25, 0.3) is 0 Å². The normalized spacial score (nSPS) is 13.7. The lowest BCUT2D eigenvalue weighted by Crippen LogP contribution is -2.52. The molecule has 0 aromatic carbocycles. The Morgan fingerprint density at radius 3 is 2.00 bits per heavy atom. The first-order valence-electron chi connectivity index (χ1n) is 6.12. The van der Waals surface area contributed by atoms with E-state index in [0.717, 1.165) is 32.1 Å². The van der Waals surface area contributed by atoms with Gasteiger partial charge in [0, 0.05) is 5.54 Å². The molecule has 1 amide bonds. The lowest BCUT2D eigenvalue weighted by Gasteiger charge is -2.32. The highest BCUT2D eigenvalue weighted by Crippen LogP contribution is 2.19. The van der Waals surface area contributed by atoms with Crippen LogP contribution in [0.15, 0.2) is 0 Å². The van der Waals surface area contributed by atoms with Gasteiger partial charge in [-0.2, -0.15) is 0 Å². The van der Waals surface area contributed by atoms with Crippen LogP contribution in [-0.2, 0) is 4.79 Å². The molecule has 3 heteroatoms. The molecule has 90 valence electrons. The topological polar surface area (TPSA) is 55.1 Å². The second-order valence-electron chi connectivity index (χ2n) is 4.23. The van der Waals surface area contributed by atoms with Gasteiger partial charge < -0.3 is 11.1 Å². The molecule has 0 unspecified atom stereocenters. The Labute approximate surface area is 93.8 Å². The predicted octanol–water partition coefficient (Wildman–Crippen LogP) is 2.20. The zero-order chi connectivity index (χ0) is 11.9. The molecule has 0 heterocycles. The van der Waals surface area contributed by atoms with Crippen molar-refractivity contribution in [2.45, 2.75) is 71.4 Å². The molecule has 0 aliphatic heterocycles. The Balaban J connectivity index is 4.34. The van der Waals surface area contributed by atoms with E-state index in [4.69, 9.17) is 5.73 Å². The summed E-state index contributed by atoms with van der Waals surface area (Å²) < 4.78 is 0. The molecule has 0 saturated heterocycles. The molecule has 0 aliphatic rings. The van der Waals surface area contributed by atoms with Crippen molar-refractivity contribution in [3.63, 3.8) is 0 Å². The summed E-state index contributed by atoms with van der Waals surface area (Å²) >= 11 is 0. The highest BCUT2D eigenvalue weighted by atomic mass is 16.2. The van der Waals surface area contributed by atoms with E-state index in [1.807, 2.05) is 6.92 Å². The van der Waals surface area contributed by atoms with Crippen LogP contribution in [0.1, 0.15) is 59.8 Å². The van der Waals surface area contributed by atoms with Crippen molar-refractivity contribution in [1.29, 1.82) is 0 Å². The van der Waals surface area contributed by atoms with Gasteiger partial charge in [-0.25, -0.2) is 0 Å². The summed E-state index contributed by atoms with van der Waals surface area (Å²) in [6.45, 7) is 8.37. The minimum atomic E-state index is -0.348. The van der Waals surface area contributed by atoms with Gasteiger partial charge in [-0.3, -0.25) is 4.79 Å². The maximum atomic E-state index is 11.8. The van der Waals surface area contributed by atoms with Crippen LogP contribution in [-0.4, -0.2) is 17.5 Å². The second-order valence-corrected chi connectivity index (χ2v) is 4.23. The number of rotatable bonds is 7. The minimum absolute atomic E-state index is 0.00222. The number of nitrogens with two attached hydrogens (primary N) is 1. The molecule has 0 aromatic rings. The smallest absolute Gasteiger partial charge is 0.237 e. The monoisotopic (exact) mass is 214 g/mol. The summed E-state index contributed by atoms with van der Waals surface area (Å²) in [5.74, 6) is 0.00222. The van der Waals surface area contributed by atoms with Gasteiger partial charge >= 0.3 is 0 Å². The lowest BCUT2D eigenvalue weighted by atomic mass is 9.89. The van der Waals surface area contributed by atoms with Gasteiger partial charge in [-0.1, -0.05) is 34.1 Å². The van der Waals surface area contributed by atoms with Gasteiger partial charge in [0.2, 0.25) is 5.91 Å². The Morgan fingerprint density at radius 2 is 1.67 bits per heavy atom. The Bertz CT molecular complexity index is 180. The molecular weight excluding hydrogens is 188 g/mol. The SMILES string of the molecule is CCC[C@H](N)C(=O)NC(CC)(CC)CC. The molecule has 0 bridgehead atoms. The van der Waals surface area contributed by atoms with Crippen LogP contribution in [0.4, 0.5) is 0 Å². The van der Waals surface area contributed by atoms with Crippen LogP contribution in [0, 0.1) is 0 Å². The average Bonchev–Trinajstić information content (AvgIpc) is 2.26. The van der Waals surface area contributed by atoms with Crippen molar-refractivity contribution in [1.82, 2.24) is 5.32 Å². The fourth-order valence-corrected chi connectivity index (χ4v) is 1.81. The number of hydrogen-bond donors (Lipinski definition) is 2. The van der Waals surface area contributed by atoms with Crippen molar-refractivity contribution in [3.05, 3.63) is 0 Å². The van der Waals surface area contributed by atoms with E-state index in [0.29, 0.717) is 0 Å². The Kier molecular flexibility index (Phi) is 6.57. The summed E-state index contributed by atoms with van der Waals surface area (Å²) in [6.07, 6.45) is 4.60. The third-order valence-electron chi connectivity index (χ3n) is 3.36. The first-order valence-corrected chi connectivity index (χ1v) is 6.12. The summed E-state index contributed by atoms with van der Waals surface area (Å²) in [5.41, 5.74) is 5.73. The molecule has 0 aromatic heterocycles. The molecular formula is C12H26N2O. The Hall–Kier alpha value is -0.570. The van der Waals surface area contributed by atoms with Crippen LogP contribution >= 0.6 is 0 Å². The summed E-state index contributed by atoms with van der Waals surface area (Å²) in [4.78, 5) is 11.8. The molecule has 3 nitrogen and oxygen atoms in total. The third kappa shape index (κ3) is 4.20. The fraction of sp³-hybridized carbons (Fsp3) is 0.917. The van der Waals surface area contributed by atoms with E-state index in [1.54, 1.807) is 0 Å². The van der Waals surface area contributed by atoms with Gasteiger partial charge in [-0.05, 0) is 25.7 Å². The van der Waals surface area contributed by atoms with Crippen LogP contribution in [0.3, 0.4) is 0 Å². The quantitative estimate of drug-likeness (QED) is 0.682. The molecule has 0 saturated carbocycles. The zero-order valence-electron chi connectivity index (χ0n) is 10.6. The van der Waals surface area contributed by atoms with Crippen molar-refractivity contribution < 1.29 is 4.79 Å². The minimum Gasteiger partial charge on any atom is -0.349 e. The highest BCUT2D eigenvalue weighted by Gasteiger charge is 2.27. The maximum Gasteiger partial charge on any atom is 0.237 e. The largest absolute Gasteiger partial charge is 0.349 e. The fourth-order valence-electron chi connectivity index (χ4n) is 1.81. The van der Waals surface area contributed by atoms with Gasteiger partial charge in [0.25, 0.3) is 0 Å². The van der Waals surface area contributed by atoms with Gasteiger partial charge in [-0.15, -0.1) is 0 Å². The average molecular weight is 214 g/mol. The zero-order valence-corrected chi connectivity index (χ0v) is 10.6.